The van der Waals surface area contributed by atoms with Crippen LogP contribution >= 0.6 is 0 Å². The van der Waals surface area contributed by atoms with Crippen LogP contribution in [0.15, 0.2) is 42.5 Å². The van der Waals surface area contributed by atoms with Crippen LogP contribution in [-0.2, 0) is 0 Å². The van der Waals surface area contributed by atoms with Crippen molar-refractivity contribution in [1.82, 2.24) is 0 Å². The molecule has 0 heterocycles. The molecule has 0 saturated heterocycles. The Hall–Kier alpha value is -1.12. The van der Waals surface area contributed by atoms with Crippen molar-refractivity contribution in [2.24, 2.45) is 5.92 Å². The molecule has 0 radical (unpaired) electrons. The third kappa shape index (κ3) is 4.60. The zero-order valence-corrected chi connectivity index (χ0v) is 9.71. The summed E-state index contributed by atoms with van der Waals surface area (Å²) in [4.78, 5) is 0. The quantitative estimate of drug-likeness (QED) is 0.724. The van der Waals surface area contributed by atoms with Gasteiger partial charge in [0, 0.05) is 6.61 Å². The summed E-state index contributed by atoms with van der Waals surface area (Å²) in [6.45, 7) is 2.21. The molecule has 0 saturated carbocycles. The highest BCUT2D eigenvalue weighted by molar-refractivity contribution is 5.17. The van der Waals surface area contributed by atoms with E-state index in [0.717, 1.165) is 12.0 Å². The van der Waals surface area contributed by atoms with Gasteiger partial charge in [-0.25, -0.2) is 0 Å². The van der Waals surface area contributed by atoms with Crippen LogP contribution in [0.1, 0.15) is 31.4 Å². The van der Waals surface area contributed by atoms with Crippen molar-refractivity contribution in [3.05, 3.63) is 48.0 Å². The van der Waals surface area contributed by atoms with Crippen LogP contribution in [0.2, 0.25) is 0 Å². The molecule has 16 heavy (non-hydrogen) atoms. The van der Waals surface area contributed by atoms with Crippen molar-refractivity contribution >= 4 is 0 Å². The average Bonchev–Trinajstić information content (AvgIpc) is 2.35. The van der Waals surface area contributed by atoms with Gasteiger partial charge in [0.25, 0.3) is 0 Å². The van der Waals surface area contributed by atoms with Crippen LogP contribution in [-0.4, -0.2) is 16.8 Å². The van der Waals surface area contributed by atoms with Gasteiger partial charge in [0.1, 0.15) is 0 Å². The maximum atomic E-state index is 9.84. The average molecular weight is 220 g/mol. The molecule has 1 aromatic carbocycles. The Morgan fingerprint density at radius 2 is 1.75 bits per heavy atom. The zero-order valence-electron chi connectivity index (χ0n) is 9.71. The fourth-order valence-corrected chi connectivity index (χ4v) is 1.44. The summed E-state index contributed by atoms with van der Waals surface area (Å²) < 4.78 is 0. The molecule has 2 heteroatoms. The van der Waals surface area contributed by atoms with E-state index in [1.54, 1.807) is 0 Å². The lowest BCUT2D eigenvalue weighted by Gasteiger charge is -2.08. The van der Waals surface area contributed by atoms with E-state index in [4.69, 9.17) is 5.11 Å². The molecular weight excluding hydrogens is 200 g/mol. The Kier molecular flexibility index (Phi) is 5.83. The van der Waals surface area contributed by atoms with Gasteiger partial charge in [-0.15, -0.1) is 0 Å². The first-order valence-corrected chi connectivity index (χ1v) is 5.73. The smallest absolute Gasteiger partial charge is 0.0824 e. The lowest BCUT2D eigenvalue weighted by atomic mass is 10.1. The van der Waals surface area contributed by atoms with Gasteiger partial charge in [-0.3, -0.25) is 0 Å². The minimum absolute atomic E-state index is 0.214. The fourth-order valence-electron chi connectivity index (χ4n) is 1.44. The van der Waals surface area contributed by atoms with Crippen molar-refractivity contribution in [3.63, 3.8) is 0 Å². The molecule has 2 atom stereocenters. The van der Waals surface area contributed by atoms with Crippen LogP contribution < -0.4 is 0 Å². The Morgan fingerprint density at radius 3 is 2.38 bits per heavy atom. The van der Waals surface area contributed by atoms with E-state index in [9.17, 15) is 5.11 Å². The van der Waals surface area contributed by atoms with Crippen LogP contribution in [0.25, 0.3) is 0 Å². The number of benzene rings is 1. The number of allylic oxidation sites excluding steroid dienone is 1. The van der Waals surface area contributed by atoms with E-state index in [1.807, 2.05) is 49.4 Å². The van der Waals surface area contributed by atoms with E-state index < -0.39 is 6.10 Å². The van der Waals surface area contributed by atoms with E-state index in [-0.39, 0.29) is 6.61 Å². The summed E-state index contributed by atoms with van der Waals surface area (Å²) in [5, 5.41) is 18.7. The molecule has 0 spiro atoms. The van der Waals surface area contributed by atoms with Crippen LogP contribution in [0.3, 0.4) is 0 Å². The van der Waals surface area contributed by atoms with Crippen molar-refractivity contribution in [2.75, 3.05) is 6.61 Å². The molecule has 0 aliphatic rings. The van der Waals surface area contributed by atoms with E-state index >= 15 is 0 Å². The van der Waals surface area contributed by atoms with E-state index in [2.05, 4.69) is 0 Å². The highest BCUT2D eigenvalue weighted by Gasteiger charge is 2.03. The maximum absolute atomic E-state index is 9.84. The Balaban J connectivity index is 2.33. The molecule has 0 fully saturated rings. The van der Waals surface area contributed by atoms with Crippen molar-refractivity contribution in [1.29, 1.82) is 0 Å². The summed E-state index contributed by atoms with van der Waals surface area (Å²) in [6, 6.07) is 9.64. The molecule has 0 aliphatic carbocycles. The standard InChI is InChI=1S/C14H20O2/c1-12(11-15)7-5-6-10-14(16)13-8-3-2-4-9-13/h2-6,8-9,12,14-16H,7,10-11H2,1H3/b6-5-/t12-,14+/m1/s1. The van der Waals surface area contributed by atoms with E-state index in [0.29, 0.717) is 12.3 Å². The van der Waals surface area contributed by atoms with Gasteiger partial charge in [0.15, 0.2) is 0 Å². The van der Waals surface area contributed by atoms with E-state index in [1.165, 1.54) is 0 Å². The Labute approximate surface area is 97.2 Å². The van der Waals surface area contributed by atoms with Gasteiger partial charge in [-0.05, 0) is 24.3 Å². The molecule has 0 aliphatic heterocycles. The SMILES string of the molecule is C[C@@H](CO)C/C=C\C[C@H](O)c1ccccc1. The molecule has 0 amide bonds. The molecule has 88 valence electrons. The summed E-state index contributed by atoms with van der Waals surface area (Å²) in [5.41, 5.74) is 0.947. The monoisotopic (exact) mass is 220 g/mol. The predicted molar refractivity (Wildman–Crippen MR) is 66.0 cm³/mol. The summed E-state index contributed by atoms with van der Waals surface area (Å²) in [6.07, 6.45) is 5.05. The van der Waals surface area contributed by atoms with Gasteiger partial charge >= 0.3 is 0 Å². The Bertz CT molecular complexity index is 306. The lowest BCUT2D eigenvalue weighted by Crippen LogP contribution is -1.98. The second kappa shape index (κ2) is 7.20. The number of hydrogen-bond donors (Lipinski definition) is 2. The minimum Gasteiger partial charge on any atom is -0.396 e. The molecular formula is C14H20O2. The molecule has 1 rings (SSSR count). The molecule has 0 bridgehead atoms. The van der Waals surface area contributed by atoms with Gasteiger partial charge in [0.2, 0.25) is 0 Å². The molecule has 1 aromatic rings. The fraction of sp³-hybridized carbons (Fsp3) is 0.429. The topological polar surface area (TPSA) is 40.5 Å². The number of aliphatic hydroxyl groups excluding tert-OH is 2. The largest absolute Gasteiger partial charge is 0.396 e. The summed E-state index contributed by atoms with van der Waals surface area (Å²) in [5.74, 6) is 0.296. The minimum atomic E-state index is -0.429. The highest BCUT2D eigenvalue weighted by atomic mass is 16.3. The first-order chi connectivity index (χ1) is 7.74. The zero-order chi connectivity index (χ0) is 11.8. The van der Waals surface area contributed by atoms with Crippen molar-refractivity contribution in [3.8, 4) is 0 Å². The van der Waals surface area contributed by atoms with Crippen molar-refractivity contribution < 1.29 is 10.2 Å². The highest BCUT2D eigenvalue weighted by Crippen LogP contribution is 2.16. The van der Waals surface area contributed by atoms with Crippen LogP contribution in [0, 0.1) is 5.92 Å². The third-order valence-electron chi connectivity index (χ3n) is 2.56. The van der Waals surface area contributed by atoms with Crippen LogP contribution in [0.5, 0.6) is 0 Å². The number of hydrogen-bond acceptors (Lipinski definition) is 2. The maximum Gasteiger partial charge on any atom is 0.0824 e. The molecule has 0 unspecified atom stereocenters. The summed E-state index contributed by atoms with van der Waals surface area (Å²) >= 11 is 0. The number of aliphatic hydroxyl groups is 2. The predicted octanol–water partition coefficient (Wildman–Crippen LogP) is 2.68. The third-order valence-corrected chi connectivity index (χ3v) is 2.56. The normalized spacial score (nSPS) is 15.2. The Morgan fingerprint density at radius 1 is 1.12 bits per heavy atom. The second-order valence-electron chi connectivity index (χ2n) is 4.16. The van der Waals surface area contributed by atoms with Gasteiger partial charge in [-0.1, -0.05) is 49.4 Å². The molecule has 0 aromatic heterocycles. The second-order valence-corrected chi connectivity index (χ2v) is 4.16. The first-order valence-electron chi connectivity index (χ1n) is 5.73. The molecule has 2 nitrogen and oxygen atoms in total. The lowest BCUT2D eigenvalue weighted by molar-refractivity contribution is 0.181. The molecule has 2 N–H and O–H groups in total. The van der Waals surface area contributed by atoms with Gasteiger partial charge in [0.05, 0.1) is 6.10 Å². The van der Waals surface area contributed by atoms with Crippen LogP contribution in [0.4, 0.5) is 0 Å². The number of rotatable bonds is 6. The summed E-state index contributed by atoms with van der Waals surface area (Å²) in [7, 11) is 0. The van der Waals surface area contributed by atoms with Crippen molar-refractivity contribution in [2.45, 2.75) is 25.9 Å². The van der Waals surface area contributed by atoms with Gasteiger partial charge in [-0.2, -0.15) is 0 Å². The van der Waals surface area contributed by atoms with Gasteiger partial charge < -0.3 is 10.2 Å². The first kappa shape index (κ1) is 12.9.